The average molecular weight is 337 g/mol. The molecule has 1 aromatic carbocycles. The second kappa shape index (κ2) is 7.83. The molecule has 5 nitrogen and oxygen atoms in total. The van der Waals surface area contributed by atoms with Gasteiger partial charge >= 0.3 is 0 Å². The minimum Gasteiger partial charge on any atom is -0.497 e. The van der Waals surface area contributed by atoms with Crippen molar-refractivity contribution < 1.29 is 9.53 Å². The van der Waals surface area contributed by atoms with Crippen LogP contribution in [-0.2, 0) is 24.7 Å². The van der Waals surface area contributed by atoms with E-state index in [1.807, 2.05) is 41.9 Å². The fraction of sp³-hybridized carbons (Fsp3) is 0.300. The van der Waals surface area contributed by atoms with Crippen LogP contribution in [0.5, 0.6) is 5.75 Å². The standard InChI is InChI=1S/C20H23N3O2/c1-23-14-16(18-4-3-12-22-20(18)23)11-13-21-19(24)10-7-15-5-8-17(25-2)9-6-15/h3-6,8-9,12,14H,7,10-11,13H2,1-2H3,(H,21,24). The van der Waals surface area contributed by atoms with Crippen LogP contribution in [0.25, 0.3) is 11.0 Å². The van der Waals surface area contributed by atoms with Gasteiger partial charge in [-0.3, -0.25) is 4.79 Å². The number of carbonyl (C=O) groups is 1. The Morgan fingerprint density at radius 1 is 1.20 bits per heavy atom. The van der Waals surface area contributed by atoms with Gasteiger partial charge in [0.25, 0.3) is 0 Å². The lowest BCUT2D eigenvalue weighted by Crippen LogP contribution is -2.25. The number of ether oxygens (including phenoxy) is 1. The van der Waals surface area contributed by atoms with Gasteiger partial charge in [-0.2, -0.15) is 0 Å². The summed E-state index contributed by atoms with van der Waals surface area (Å²) in [5, 5.41) is 4.16. The molecule has 0 atom stereocenters. The van der Waals surface area contributed by atoms with Gasteiger partial charge in [-0.05, 0) is 48.2 Å². The highest BCUT2D eigenvalue weighted by molar-refractivity contribution is 5.80. The van der Waals surface area contributed by atoms with E-state index in [-0.39, 0.29) is 5.91 Å². The molecule has 5 heteroatoms. The molecule has 2 heterocycles. The van der Waals surface area contributed by atoms with Crippen molar-refractivity contribution in [2.75, 3.05) is 13.7 Å². The van der Waals surface area contributed by atoms with Crippen molar-refractivity contribution in [3.05, 3.63) is 59.9 Å². The first-order valence-electron chi connectivity index (χ1n) is 8.46. The molecule has 0 aliphatic rings. The third-order valence-corrected chi connectivity index (χ3v) is 4.33. The summed E-state index contributed by atoms with van der Waals surface area (Å²) in [4.78, 5) is 16.4. The maximum Gasteiger partial charge on any atom is 0.220 e. The van der Waals surface area contributed by atoms with E-state index < -0.39 is 0 Å². The van der Waals surface area contributed by atoms with Crippen LogP contribution < -0.4 is 10.1 Å². The number of nitrogens with one attached hydrogen (secondary N) is 1. The number of pyridine rings is 1. The molecule has 0 fully saturated rings. The first-order chi connectivity index (χ1) is 12.2. The molecule has 0 aliphatic heterocycles. The Morgan fingerprint density at radius 3 is 2.76 bits per heavy atom. The first kappa shape index (κ1) is 17.0. The zero-order valence-corrected chi connectivity index (χ0v) is 14.7. The van der Waals surface area contributed by atoms with Gasteiger partial charge in [0.2, 0.25) is 5.91 Å². The van der Waals surface area contributed by atoms with Gasteiger partial charge in [0.15, 0.2) is 0 Å². The van der Waals surface area contributed by atoms with Crippen LogP contribution in [0.4, 0.5) is 0 Å². The summed E-state index contributed by atoms with van der Waals surface area (Å²) in [5.41, 5.74) is 3.32. The van der Waals surface area contributed by atoms with Crippen LogP contribution in [0.3, 0.4) is 0 Å². The summed E-state index contributed by atoms with van der Waals surface area (Å²) < 4.78 is 7.16. The third-order valence-electron chi connectivity index (χ3n) is 4.33. The Morgan fingerprint density at radius 2 is 2.00 bits per heavy atom. The first-order valence-corrected chi connectivity index (χ1v) is 8.46. The second-order valence-electron chi connectivity index (χ2n) is 6.09. The van der Waals surface area contributed by atoms with E-state index in [0.29, 0.717) is 13.0 Å². The number of hydrogen-bond acceptors (Lipinski definition) is 3. The largest absolute Gasteiger partial charge is 0.497 e. The number of aromatic nitrogens is 2. The van der Waals surface area contributed by atoms with Gasteiger partial charge in [0.1, 0.15) is 11.4 Å². The molecule has 0 unspecified atom stereocenters. The minimum absolute atomic E-state index is 0.0779. The van der Waals surface area contributed by atoms with Gasteiger partial charge in [-0.1, -0.05) is 12.1 Å². The molecule has 2 aromatic heterocycles. The molecule has 0 radical (unpaired) electrons. The maximum atomic E-state index is 12.0. The van der Waals surface area contributed by atoms with E-state index in [2.05, 4.69) is 22.6 Å². The number of benzene rings is 1. The summed E-state index contributed by atoms with van der Waals surface area (Å²) in [6, 6.07) is 11.8. The quantitative estimate of drug-likeness (QED) is 0.721. The average Bonchev–Trinajstić information content (AvgIpc) is 2.97. The van der Waals surface area contributed by atoms with Crippen molar-refractivity contribution in [1.82, 2.24) is 14.9 Å². The number of nitrogens with zero attached hydrogens (tertiary/aromatic N) is 2. The van der Waals surface area contributed by atoms with E-state index >= 15 is 0 Å². The summed E-state index contributed by atoms with van der Waals surface area (Å²) >= 11 is 0. The molecule has 0 saturated heterocycles. The van der Waals surface area contributed by atoms with Crippen LogP contribution >= 0.6 is 0 Å². The molecule has 0 saturated carbocycles. The number of hydrogen-bond donors (Lipinski definition) is 1. The highest BCUT2D eigenvalue weighted by Gasteiger charge is 2.08. The van der Waals surface area contributed by atoms with E-state index in [9.17, 15) is 4.79 Å². The Hall–Kier alpha value is -2.82. The molecule has 0 spiro atoms. The predicted octanol–water partition coefficient (Wildman–Crippen LogP) is 2.87. The fourth-order valence-corrected chi connectivity index (χ4v) is 2.97. The van der Waals surface area contributed by atoms with Crippen LogP contribution in [0.2, 0.25) is 0 Å². The van der Waals surface area contributed by atoms with Crippen LogP contribution in [0.15, 0.2) is 48.8 Å². The Kier molecular flexibility index (Phi) is 5.33. The zero-order valence-electron chi connectivity index (χ0n) is 14.7. The zero-order chi connectivity index (χ0) is 17.6. The van der Waals surface area contributed by atoms with Crippen molar-refractivity contribution in [2.45, 2.75) is 19.3 Å². The highest BCUT2D eigenvalue weighted by Crippen LogP contribution is 2.18. The molecule has 3 rings (SSSR count). The number of methoxy groups -OCH3 is 1. The Balaban J connectivity index is 1.47. The van der Waals surface area contributed by atoms with Gasteiger partial charge in [-0.25, -0.2) is 4.98 Å². The predicted molar refractivity (Wildman–Crippen MR) is 98.7 cm³/mol. The molecule has 1 amide bonds. The summed E-state index contributed by atoms with van der Waals surface area (Å²) in [6.45, 7) is 0.634. The SMILES string of the molecule is COc1ccc(CCC(=O)NCCc2cn(C)c3ncccc23)cc1. The summed E-state index contributed by atoms with van der Waals surface area (Å²) in [7, 11) is 3.64. The Bertz CT molecular complexity index is 853. The number of aryl methyl sites for hydroxylation is 2. The monoisotopic (exact) mass is 337 g/mol. The van der Waals surface area contributed by atoms with Crippen molar-refractivity contribution in [1.29, 1.82) is 0 Å². The number of fused-ring (bicyclic) bond motifs is 1. The molecule has 0 aliphatic carbocycles. The van der Waals surface area contributed by atoms with Gasteiger partial charge in [-0.15, -0.1) is 0 Å². The van der Waals surface area contributed by atoms with E-state index in [1.165, 1.54) is 5.56 Å². The normalized spacial score (nSPS) is 10.8. The molecule has 0 bridgehead atoms. The molecule has 25 heavy (non-hydrogen) atoms. The molecular formula is C20H23N3O2. The minimum atomic E-state index is 0.0779. The van der Waals surface area contributed by atoms with Gasteiger partial charge < -0.3 is 14.6 Å². The maximum absolute atomic E-state index is 12.0. The lowest BCUT2D eigenvalue weighted by molar-refractivity contribution is -0.121. The summed E-state index contributed by atoms with van der Waals surface area (Å²) in [5.74, 6) is 0.909. The second-order valence-corrected chi connectivity index (χ2v) is 6.09. The lowest BCUT2D eigenvalue weighted by atomic mass is 10.1. The van der Waals surface area contributed by atoms with E-state index in [4.69, 9.17) is 4.74 Å². The smallest absolute Gasteiger partial charge is 0.220 e. The summed E-state index contributed by atoms with van der Waals surface area (Å²) in [6.07, 6.45) is 5.91. The van der Waals surface area contributed by atoms with E-state index in [1.54, 1.807) is 13.3 Å². The molecule has 130 valence electrons. The van der Waals surface area contributed by atoms with Crippen molar-refractivity contribution >= 4 is 16.9 Å². The topological polar surface area (TPSA) is 56.1 Å². The van der Waals surface area contributed by atoms with Crippen LogP contribution in [0, 0.1) is 0 Å². The van der Waals surface area contributed by atoms with Gasteiger partial charge in [0.05, 0.1) is 7.11 Å². The number of rotatable bonds is 7. The third kappa shape index (κ3) is 4.18. The van der Waals surface area contributed by atoms with Crippen LogP contribution in [0.1, 0.15) is 17.5 Å². The fourth-order valence-electron chi connectivity index (χ4n) is 2.97. The van der Waals surface area contributed by atoms with Gasteiger partial charge in [0, 0.05) is 37.8 Å². The molecule has 3 aromatic rings. The number of carbonyl (C=O) groups excluding carboxylic acids is 1. The highest BCUT2D eigenvalue weighted by atomic mass is 16.5. The molecular weight excluding hydrogens is 314 g/mol. The van der Waals surface area contributed by atoms with Crippen molar-refractivity contribution in [3.63, 3.8) is 0 Å². The van der Waals surface area contributed by atoms with Crippen molar-refractivity contribution in [3.8, 4) is 5.75 Å². The van der Waals surface area contributed by atoms with Crippen LogP contribution in [-0.4, -0.2) is 29.1 Å². The lowest BCUT2D eigenvalue weighted by Gasteiger charge is -2.06. The number of amides is 1. The Labute approximate surface area is 147 Å². The van der Waals surface area contributed by atoms with E-state index in [0.717, 1.165) is 35.2 Å². The van der Waals surface area contributed by atoms with Crippen molar-refractivity contribution in [2.24, 2.45) is 7.05 Å². The molecule has 1 N–H and O–H groups in total.